The van der Waals surface area contributed by atoms with Gasteiger partial charge in [0.05, 0.1) is 9.85 Å². The maximum absolute atomic E-state index is 11.1. The van der Waals surface area contributed by atoms with Crippen LogP contribution in [-0.2, 0) is 0 Å². The average molecular weight is 497 g/mol. The number of benzene rings is 2. The molecule has 2 rings (SSSR count). The largest absolute Gasteiger partial charge is 0.343 e. The van der Waals surface area contributed by atoms with Crippen molar-refractivity contribution >= 4 is 81.1 Å². The highest BCUT2D eigenvalue weighted by Crippen LogP contribution is 2.33. The van der Waals surface area contributed by atoms with Crippen molar-refractivity contribution in [1.29, 1.82) is 0 Å². The number of alkyl halides is 3. The highest BCUT2D eigenvalue weighted by molar-refractivity contribution is 7.97. The van der Waals surface area contributed by atoms with Gasteiger partial charge in [0, 0.05) is 23.9 Å². The lowest BCUT2D eigenvalue weighted by Gasteiger charge is -2.27. The quantitative estimate of drug-likeness (QED) is 0.124. The van der Waals surface area contributed by atoms with Gasteiger partial charge in [-0.1, -0.05) is 46.9 Å². The van der Waals surface area contributed by atoms with E-state index in [1.807, 2.05) is 0 Å². The third-order valence-electron chi connectivity index (χ3n) is 3.29. The fourth-order valence-electron chi connectivity index (χ4n) is 1.96. The number of halogens is 3. The van der Waals surface area contributed by atoms with E-state index >= 15 is 0 Å². The molecule has 2 aromatic rings. The van der Waals surface area contributed by atoms with Crippen molar-refractivity contribution in [3.63, 3.8) is 0 Å². The molecule has 14 heteroatoms. The lowest BCUT2D eigenvalue weighted by molar-refractivity contribution is -0.387. The van der Waals surface area contributed by atoms with Crippen molar-refractivity contribution in [2.45, 2.75) is 14.9 Å². The minimum atomic E-state index is -1.86. The van der Waals surface area contributed by atoms with E-state index in [4.69, 9.17) is 47.0 Å². The first-order chi connectivity index (χ1) is 13.6. The summed E-state index contributed by atoms with van der Waals surface area (Å²) in [6, 6.07) is 11.6. The summed E-state index contributed by atoms with van der Waals surface area (Å²) >= 11 is 24.0. The highest BCUT2D eigenvalue weighted by atomic mass is 35.6. The Hall–Kier alpha value is -1.89. The lowest BCUT2D eigenvalue weighted by atomic mass is 10.3. The first-order valence-electron chi connectivity index (χ1n) is 7.62. The van der Waals surface area contributed by atoms with Crippen LogP contribution in [0.5, 0.6) is 0 Å². The Labute approximate surface area is 189 Å². The molecule has 0 aromatic heterocycles. The van der Waals surface area contributed by atoms with Crippen LogP contribution in [0, 0.1) is 20.2 Å². The van der Waals surface area contributed by atoms with Crippen LogP contribution in [0.15, 0.2) is 53.4 Å². The predicted molar refractivity (Wildman–Crippen MR) is 119 cm³/mol. The molecule has 0 amide bonds. The van der Waals surface area contributed by atoms with Gasteiger partial charge in [0.25, 0.3) is 11.4 Å². The predicted octanol–water partition coefficient (Wildman–Crippen LogP) is 4.78. The zero-order valence-corrected chi connectivity index (χ0v) is 18.1. The molecule has 0 saturated carbocycles. The molecule has 2 aromatic carbocycles. The third kappa shape index (κ3) is 7.14. The molecule has 3 N–H and O–H groups in total. The zero-order valence-electron chi connectivity index (χ0n) is 14.2. The Morgan fingerprint density at radius 3 is 2.21 bits per heavy atom. The second kappa shape index (κ2) is 10.2. The van der Waals surface area contributed by atoms with E-state index in [1.165, 1.54) is 36.4 Å². The molecule has 0 unspecified atom stereocenters. The number of nitrogens with one attached hydrogen (secondary N) is 3. The maximum Gasteiger partial charge on any atom is 0.284 e. The minimum absolute atomic E-state index is 0.0610. The van der Waals surface area contributed by atoms with Gasteiger partial charge in [0.15, 0.2) is 5.11 Å². The third-order valence-corrected chi connectivity index (χ3v) is 5.08. The summed E-state index contributed by atoms with van der Waals surface area (Å²) in [4.78, 5) is 21.1. The number of nitro benzene ring substituents is 2. The highest BCUT2D eigenvalue weighted by Gasteiger charge is 2.34. The molecule has 9 nitrogen and oxygen atoms in total. The van der Waals surface area contributed by atoms with E-state index in [2.05, 4.69) is 15.4 Å². The first kappa shape index (κ1) is 23.4. The summed E-state index contributed by atoms with van der Waals surface area (Å²) < 4.78 is 0.937. The minimum Gasteiger partial charge on any atom is -0.343 e. The molecule has 0 bridgehead atoms. The van der Waals surface area contributed by atoms with Crippen LogP contribution in [0.1, 0.15) is 0 Å². The number of non-ortho nitro benzene ring substituents is 1. The van der Waals surface area contributed by atoms with Crippen LogP contribution in [0.4, 0.5) is 17.1 Å². The normalized spacial score (nSPS) is 12.1. The lowest BCUT2D eigenvalue weighted by Crippen LogP contribution is -2.52. The molecule has 0 spiro atoms. The van der Waals surface area contributed by atoms with Gasteiger partial charge in [-0.25, -0.2) is 4.72 Å². The fraction of sp³-hybridized carbons (Fsp3) is 0.133. The number of anilines is 1. The van der Waals surface area contributed by atoms with Gasteiger partial charge in [-0.15, -0.1) is 0 Å². The molecule has 0 aliphatic heterocycles. The van der Waals surface area contributed by atoms with E-state index in [-0.39, 0.29) is 16.5 Å². The summed E-state index contributed by atoms with van der Waals surface area (Å²) in [6.07, 6.45) is -1.03. The Kier molecular flexibility index (Phi) is 8.25. The maximum atomic E-state index is 11.1. The van der Waals surface area contributed by atoms with Gasteiger partial charge < -0.3 is 10.6 Å². The van der Waals surface area contributed by atoms with Gasteiger partial charge in [-0.05, 0) is 42.4 Å². The van der Waals surface area contributed by atoms with Gasteiger partial charge in [-0.2, -0.15) is 0 Å². The van der Waals surface area contributed by atoms with Crippen LogP contribution < -0.4 is 15.4 Å². The van der Waals surface area contributed by atoms with Crippen LogP contribution in [0.3, 0.4) is 0 Å². The van der Waals surface area contributed by atoms with Crippen molar-refractivity contribution in [3.05, 3.63) is 68.8 Å². The van der Waals surface area contributed by atoms with E-state index < -0.39 is 19.8 Å². The van der Waals surface area contributed by atoms with Crippen molar-refractivity contribution < 1.29 is 9.85 Å². The van der Waals surface area contributed by atoms with E-state index in [0.29, 0.717) is 10.6 Å². The molecule has 0 saturated heterocycles. The Balaban J connectivity index is 2.04. The fourth-order valence-corrected chi connectivity index (χ4v) is 3.59. The molecule has 29 heavy (non-hydrogen) atoms. The zero-order chi connectivity index (χ0) is 21.6. The Bertz CT molecular complexity index is 912. The van der Waals surface area contributed by atoms with Crippen LogP contribution in [0.2, 0.25) is 0 Å². The summed E-state index contributed by atoms with van der Waals surface area (Å²) in [5.74, 6) is 0. The Morgan fingerprint density at radius 1 is 1.03 bits per heavy atom. The molecule has 0 aliphatic carbocycles. The van der Waals surface area contributed by atoms with Crippen LogP contribution in [-0.4, -0.2) is 24.9 Å². The molecular weight excluding hydrogens is 485 g/mol. The second-order valence-corrected chi connectivity index (χ2v) is 8.98. The molecule has 0 fully saturated rings. The molecule has 0 heterocycles. The summed E-state index contributed by atoms with van der Waals surface area (Å²) in [7, 11) is 0. The smallest absolute Gasteiger partial charge is 0.284 e. The average Bonchev–Trinajstić information content (AvgIpc) is 2.64. The molecule has 0 aliphatic rings. The van der Waals surface area contributed by atoms with Crippen molar-refractivity contribution in [1.82, 2.24) is 10.0 Å². The molecule has 154 valence electrons. The number of hydrogen-bond donors (Lipinski definition) is 3. The number of thiocarbonyl (C=S) groups is 1. The van der Waals surface area contributed by atoms with Gasteiger partial charge >= 0.3 is 0 Å². The van der Waals surface area contributed by atoms with Gasteiger partial charge in [-0.3, -0.25) is 20.2 Å². The number of hydrogen-bond acceptors (Lipinski definition) is 7. The summed E-state index contributed by atoms with van der Waals surface area (Å²) in [5, 5.41) is 27.4. The molecule has 0 radical (unpaired) electrons. The summed E-state index contributed by atoms with van der Waals surface area (Å²) in [6.45, 7) is 0. The number of para-hydroxylation sites is 1. The monoisotopic (exact) mass is 495 g/mol. The molecular formula is C15H12Cl3N5O4S2. The standard InChI is InChI=1S/C15H12Cl3N5O4S2/c16-15(17,18)13(21-29-12-4-2-1-3-11(12)23(26)27)20-14(28)19-9-5-7-10(8-6-9)22(24)25/h1-8,13,21H,(H2,19,20,28)/t13-/m1/s1. The molecule has 1 atom stereocenters. The van der Waals surface area contributed by atoms with Crippen LogP contribution >= 0.6 is 59.0 Å². The van der Waals surface area contributed by atoms with Crippen LogP contribution in [0.25, 0.3) is 0 Å². The first-order valence-corrected chi connectivity index (χ1v) is 9.98. The topological polar surface area (TPSA) is 122 Å². The van der Waals surface area contributed by atoms with E-state index in [1.54, 1.807) is 12.1 Å². The second-order valence-electron chi connectivity index (χ2n) is 5.32. The number of nitrogens with zero attached hydrogens (tertiary/aromatic N) is 2. The van der Waals surface area contributed by atoms with Crippen molar-refractivity contribution in [2.24, 2.45) is 0 Å². The SMILES string of the molecule is O=[N+]([O-])c1ccc(NC(=S)N[C@H](NSc2ccccc2[N+](=O)[O-])C(Cl)(Cl)Cl)cc1. The summed E-state index contributed by atoms with van der Waals surface area (Å²) in [5.41, 5.74) is 0.290. The van der Waals surface area contributed by atoms with Gasteiger partial charge in [0.2, 0.25) is 3.79 Å². The van der Waals surface area contributed by atoms with E-state index in [9.17, 15) is 20.2 Å². The van der Waals surface area contributed by atoms with Crippen molar-refractivity contribution in [3.8, 4) is 0 Å². The number of nitro groups is 2. The number of rotatable bonds is 7. The Morgan fingerprint density at radius 2 is 1.66 bits per heavy atom. The van der Waals surface area contributed by atoms with Gasteiger partial charge in [0.1, 0.15) is 11.1 Å². The van der Waals surface area contributed by atoms with E-state index in [0.717, 1.165) is 11.9 Å². The van der Waals surface area contributed by atoms with Crippen molar-refractivity contribution in [2.75, 3.05) is 5.32 Å².